The maximum Gasteiger partial charge on any atom is 0.306 e. The lowest BCUT2D eigenvalue weighted by atomic mass is 10.0. The van der Waals surface area contributed by atoms with E-state index in [0.29, 0.717) is 19.3 Å². The molecule has 0 aromatic heterocycles. The van der Waals surface area contributed by atoms with Crippen molar-refractivity contribution in [1.82, 2.24) is 0 Å². The zero-order chi connectivity index (χ0) is 56.4. The highest BCUT2D eigenvalue weighted by Crippen LogP contribution is 2.18. The van der Waals surface area contributed by atoms with Crippen molar-refractivity contribution in [3.8, 4) is 0 Å². The molecule has 1 unspecified atom stereocenters. The highest BCUT2D eigenvalue weighted by molar-refractivity contribution is 5.71. The first-order valence-electron chi connectivity index (χ1n) is 35.0. The van der Waals surface area contributed by atoms with Crippen LogP contribution in [0.15, 0.2) is 36.5 Å². The van der Waals surface area contributed by atoms with Gasteiger partial charge < -0.3 is 14.2 Å². The molecule has 0 radical (unpaired) electrons. The molecular formula is C72H134O6. The number of ether oxygens (including phenoxy) is 3. The fourth-order valence-electron chi connectivity index (χ4n) is 10.6. The van der Waals surface area contributed by atoms with Gasteiger partial charge >= 0.3 is 17.9 Å². The highest BCUT2D eigenvalue weighted by atomic mass is 16.6. The molecule has 0 N–H and O–H groups in total. The van der Waals surface area contributed by atoms with Crippen LogP contribution in [0.5, 0.6) is 0 Å². The van der Waals surface area contributed by atoms with Gasteiger partial charge in [-0.1, -0.05) is 333 Å². The van der Waals surface area contributed by atoms with E-state index in [1.807, 2.05) is 0 Å². The Hall–Kier alpha value is -2.37. The first-order chi connectivity index (χ1) is 38.5. The lowest BCUT2D eigenvalue weighted by Crippen LogP contribution is -2.30. The smallest absolute Gasteiger partial charge is 0.306 e. The molecule has 1 atom stereocenters. The predicted octanol–water partition coefficient (Wildman–Crippen LogP) is 23.9. The van der Waals surface area contributed by atoms with E-state index in [4.69, 9.17) is 14.2 Å². The Labute approximate surface area is 486 Å². The first-order valence-corrected chi connectivity index (χ1v) is 35.0. The van der Waals surface area contributed by atoms with Crippen LogP contribution in [0.1, 0.15) is 387 Å². The van der Waals surface area contributed by atoms with Crippen LogP contribution in [-0.2, 0) is 28.6 Å². The molecule has 0 aliphatic heterocycles. The van der Waals surface area contributed by atoms with Crippen LogP contribution in [0.2, 0.25) is 0 Å². The number of rotatable bonds is 65. The molecule has 0 spiro atoms. The molecular weight excluding hydrogens is 961 g/mol. The summed E-state index contributed by atoms with van der Waals surface area (Å²) in [5, 5.41) is 0. The lowest BCUT2D eigenvalue weighted by Gasteiger charge is -2.18. The van der Waals surface area contributed by atoms with Crippen LogP contribution in [0.3, 0.4) is 0 Å². The van der Waals surface area contributed by atoms with Crippen LogP contribution in [0.4, 0.5) is 0 Å². The SMILES string of the molecule is CCCC/C=C\C/C=C\CCCCCCCC(=O)OCC(COC(=O)CCCCCCCCCCCCCCCCCCCCCCCCCCCCCC)OC(=O)CCCCCCCCC/C=C\CCCCCCCCC. The molecule has 458 valence electrons. The Morgan fingerprint density at radius 2 is 0.474 bits per heavy atom. The van der Waals surface area contributed by atoms with Gasteiger partial charge in [0.1, 0.15) is 13.2 Å². The lowest BCUT2D eigenvalue weighted by molar-refractivity contribution is -0.167. The van der Waals surface area contributed by atoms with Crippen molar-refractivity contribution in [1.29, 1.82) is 0 Å². The summed E-state index contributed by atoms with van der Waals surface area (Å²) in [6.07, 6.45) is 83.2. The molecule has 78 heavy (non-hydrogen) atoms. The van der Waals surface area contributed by atoms with Gasteiger partial charge in [-0.05, 0) is 70.6 Å². The number of allylic oxidation sites excluding steroid dienone is 6. The minimum Gasteiger partial charge on any atom is -0.462 e. The average molecular weight is 1100 g/mol. The normalized spacial score (nSPS) is 12.2. The van der Waals surface area contributed by atoms with Gasteiger partial charge in [0.2, 0.25) is 0 Å². The van der Waals surface area contributed by atoms with Gasteiger partial charge in [0.15, 0.2) is 6.10 Å². The predicted molar refractivity (Wildman–Crippen MR) is 339 cm³/mol. The molecule has 0 aromatic rings. The second kappa shape index (κ2) is 67.1. The van der Waals surface area contributed by atoms with Gasteiger partial charge in [0.25, 0.3) is 0 Å². The summed E-state index contributed by atoms with van der Waals surface area (Å²) in [4.78, 5) is 38.4. The van der Waals surface area contributed by atoms with Crippen molar-refractivity contribution in [3.05, 3.63) is 36.5 Å². The topological polar surface area (TPSA) is 78.9 Å². The molecule has 0 fully saturated rings. The number of esters is 3. The van der Waals surface area contributed by atoms with Gasteiger partial charge in [-0.15, -0.1) is 0 Å². The molecule has 0 rings (SSSR count). The fraction of sp³-hybridized carbons (Fsp3) is 0.875. The van der Waals surface area contributed by atoms with Crippen molar-refractivity contribution in [2.75, 3.05) is 13.2 Å². The largest absolute Gasteiger partial charge is 0.462 e. The molecule has 6 heteroatoms. The van der Waals surface area contributed by atoms with Crippen LogP contribution in [0, 0.1) is 0 Å². The summed E-state index contributed by atoms with van der Waals surface area (Å²) in [5.74, 6) is -0.867. The van der Waals surface area contributed by atoms with Gasteiger partial charge in [-0.3, -0.25) is 14.4 Å². The van der Waals surface area contributed by atoms with Crippen molar-refractivity contribution in [3.63, 3.8) is 0 Å². The standard InChI is InChI=1S/C72H134O6/c1-4-7-10-13-16-19-22-25-28-30-32-33-34-35-36-37-38-39-40-41-43-44-47-50-53-56-59-62-65-71(74)77-68-69(67-76-70(73)64-61-58-55-52-49-46-27-24-21-18-15-12-9-6-3)78-72(75)66-63-60-57-54-51-48-45-42-31-29-26-23-20-17-14-11-8-5-2/h15,18,24,27,29,31,69H,4-14,16-17,19-23,25-26,28,30,32-68H2,1-3H3/b18-15-,27-24-,31-29-. The third kappa shape index (κ3) is 64.5. The molecule has 0 bridgehead atoms. The summed E-state index contributed by atoms with van der Waals surface area (Å²) in [7, 11) is 0. The van der Waals surface area contributed by atoms with Crippen molar-refractivity contribution < 1.29 is 28.6 Å². The second-order valence-electron chi connectivity index (χ2n) is 23.8. The minimum absolute atomic E-state index is 0.0741. The maximum absolute atomic E-state index is 12.9. The number of hydrogen-bond acceptors (Lipinski definition) is 6. The molecule has 0 aliphatic rings. The third-order valence-electron chi connectivity index (χ3n) is 15.9. The van der Waals surface area contributed by atoms with Crippen molar-refractivity contribution in [2.24, 2.45) is 0 Å². The molecule has 0 aromatic carbocycles. The van der Waals surface area contributed by atoms with Crippen molar-refractivity contribution in [2.45, 2.75) is 393 Å². The molecule has 0 amide bonds. The Morgan fingerprint density at radius 3 is 0.756 bits per heavy atom. The quantitative estimate of drug-likeness (QED) is 0.0261. The van der Waals surface area contributed by atoms with E-state index in [0.717, 1.165) is 77.0 Å². The molecule has 0 heterocycles. The summed E-state index contributed by atoms with van der Waals surface area (Å²) < 4.78 is 17.0. The Morgan fingerprint density at radius 1 is 0.256 bits per heavy atom. The van der Waals surface area contributed by atoms with E-state index in [1.165, 1.54) is 270 Å². The van der Waals surface area contributed by atoms with Crippen LogP contribution >= 0.6 is 0 Å². The van der Waals surface area contributed by atoms with E-state index < -0.39 is 6.10 Å². The third-order valence-corrected chi connectivity index (χ3v) is 15.9. The number of hydrogen-bond donors (Lipinski definition) is 0. The average Bonchev–Trinajstić information content (AvgIpc) is 3.44. The van der Waals surface area contributed by atoms with Crippen molar-refractivity contribution >= 4 is 17.9 Å². The van der Waals surface area contributed by atoms with E-state index in [1.54, 1.807) is 0 Å². The first kappa shape index (κ1) is 75.6. The Bertz CT molecular complexity index is 1300. The Balaban J connectivity index is 4.20. The van der Waals surface area contributed by atoms with E-state index in [2.05, 4.69) is 57.2 Å². The fourth-order valence-corrected chi connectivity index (χ4v) is 10.6. The van der Waals surface area contributed by atoms with Crippen LogP contribution in [0.25, 0.3) is 0 Å². The van der Waals surface area contributed by atoms with Crippen LogP contribution in [-0.4, -0.2) is 37.2 Å². The summed E-state index contributed by atoms with van der Waals surface area (Å²) in [6, 6.07) is 0. The number of unbranched alkanes of at least 4 members (excludes halogenated alkanes) is 48. The van der Waals surface area contributed by atoms with Crippen LogP contribution < -0.4 is 0 Å². The summed E-state index contributed by atoms with van der Waals surface area (Å²) in [5.41, 5.74) is 0. The Kier molecular flexibility index (Phi) is 65.1. The van der Waals surface area contributed by atoms with Gasteiger partial charge in [0.05, 0.1) is 0 Å². The maximum atomic E-state index is 12.9. The molecule has 6 nitrogen and oxygen atoms in total. The van der Waals surface area contributed by atoms with E-state index in [9.17, 15) is 14.4 Å². The highest BCUT2D eigenvalue weighted by Gasteiger charge is 2.19. The molecule has 0 saturated carbocycles. The van der Waals surface area contributed by atoms with Gasteiger partial charge in [-0.2, -0.15) is 0 Å². The zero-order valence-corrected chi connectivity index (χ0v) is 52.7. The number of carbonyl (C=O) groups excluding carboxylic acids is 3. The monoisotopic (exact) mass is 1100 g/mol. The zero-order valence-electron chi connectivity index (χ0n) is 52.7. The van der Waals surface area contributed by atoms with Gasteiger partial charge in [-0.25, -0.2) is 0 Å². The number of carbonyl (C=O) groups is 3. The molecule has 0 aliphatic carbocycles. The van der Waals surface area contributed by atoms with E-state index >= 15 is 0 Å². The minimum atomic E-state index is -0.779. The summed E-state index contributed by atoms with van der Waals surface area (Å²) >= 11 is 0. The molecule has 0 saturated heterocycles. The van der Waals surface area contributed by atoms with Gasteiger partial charge in [0, 0.05) is 19.3 Å². The summed E-state index contributed by atoms with van der Waals surface area (Å²) in [6.45, 7) is 6.65. The van der Waals surface area contributed by atoms with E-state index in [-0.39, 0.29) is 31.1 Å². The second-order valence-corrected chi connectivity index (χ2v) is 23.8.